The van der Waals surface area contributed by atoms with Gasteiger partial charge in [-0.2, -0.15) is 5.26 Å². The maximum atomic E-state index is 12.3. The van der Waals surface area contributed by atoms with Crippen molar-refractivity contribution in [3.8, 4) is 6.07 Å². The molecule has 1 N–H and O–H groups in total. The number of ether oxygens (including phenoxy) is 1. The van der Waals surface area contributed by atoms with E-state index in [0.717, 1.165) is 0 Å². The smallest absolute Gasteiger partial charge is 0.338 e. The summed E-state index contributed by atoms with van der Waals surface area (Å²) in [4.78, 5) is 11.8. The first-order valence-corrected chi connectivity index (χ1v) is 8.64. The van der Waals surface area contributed by atoms with Crippen LogP contribution in [-0.2, 0) is 14.8 Å². The molecule has 24 heavy (non-hydrogen) atoms. The summed E-state index contributed by atoms with van der Waals surface area (Å²) >= 11 is 0. The van der Waals surface area contributed by atoms with Gasteiger partial charge in [-0.15, -0.1) is 0 Å². The molecule has 0 aromatic heterocycles. The SMILES string of the molecule is CC(C)OC(=O)c1ccc(NS(=O)(=O)c2ccc(C#N)cc2)cc1. The highest BCUT2D eigenvalue weighted by molar-refractivity contribution is 7.92. The van der Waals surface area contributed by atoms with E-state index in [1.807, 2.05) is 6.07 Å². The van der Waals surface area contributed by atoms with Crippen LogP contribution in [0, 0.1) is 11.3 Å². The quantitative estimate of drug-likeness (QED) is 0.841. The van der Waals surface area contributed by atoms with Crippen LogP contribution in [0.2, 0.25) is 0 Å². The lowest BCUT2D eigenvalue weighted by atomic mass is 10.2. The number of nitrogens with one attached hydrogen (secondary N) is 1. The van der Waals surface area contributed by atoms with Crippen molar-refractivity contribution in [2.45, 2.75) is 24.8 Å². The molecule has 0 fully saturated rings. The lowest BCUT2D eigenvalue weighted by Crippen LogP contribution is -2.14. The summed E-state index contributed by atoms with van der Waals surface area (Å²) in [7, 11) is -3.77. The molecule has 0 spiro atoms. The predicted molar refractivity (Wildman–Crippen MR) is 89.0 cm³/mol. The minimum absolute atomic E-state index is 0.0461. The molecule has 0 amide bonds. The van der Waals surface area contributed by atoms with Crippen LogP contribution in [0.1, 0.15) is 29.8 Å². The van der Waals surface area contributed by atoms with Crippen LogP contribution >= 0.6 is 0 Å². The van der Waals surface area contributed by atoms with Crippen LogP contribution in [0.15, 0.2) is 53.4 Å². The van der Waals surface area contributed by atoms with E-state index in [4.69, 9.17) is 10.00 Å². The van der Waals surface area contributed by atoms with Crippen LogP contribution in [-0.4, -0.2) is 20.5 Å². The third-order valence-corrected chi connectivity index (χ3v) is 4.41. The van der Waals surface area contributed by atoms with Gasteiger partial charge in [-0.1, -0.05) is 0 Å². The molecule has 2 rings (SSSR count). The van der Waals surface area contributed by atoms with Crippen LogP contribution in [0.5, 0.6) is 0 Å². The standard InChI is InChI=1S/C17H16N2O4S/c1-12(2)23-17(20)14-5-7-15(8-6-14)19-24(21,22)16-9-3-13(11-18)4-10-16/h3-10,12,19H,1-2H3. The Morgan fingerprint density at radius 1 is 1.08 bits per heavy atom. The molecule has 0 saturated carbocycles. The normalized spacial score (nSPS) is 10.9. The molecule has 0 aliphatic carbocycles. The van der Waals surface area contributed by atoms with E-state index in [9.17, 15) is 13.2 Å². The molecule has 0 aliphatic heterocycles. The zero-order chi connectivity index (χ0) is 17.7. The molecule has 0 atom stereocenters. The van der Waals surface area contributed by atoms with Gasteiger partial charge >= 0.3 is 5.97 Å². The van der Waals surface area contributed by atoms with Gasteiger partial charge in [0, 0.05) is 5.69 Å². The highest BCUT2D eigenvalue weighted by Gasteiger charge is 2.15. The fourth-order valence-electron chi connectivity index (χ4n) is 1.88. The highest BCUT2D eigenvalue weighted by Crippen LogP contribution is 2.17. The van der Waals surface area contributed by atoms with Gasteiger partial charge in [-0.05, 0) is 62.4 Å². The van der Waals surface area contributed by atoms with E-state index in [1.54, 1.807) is 13.8 Å². The summed E-state index contributed by atoms with van der Waals surface area (Å²) in [5, 5.41) is 8.74. The van der Waals surface area contributed by atoms with Crippen molar-refractivity contribution < 1.29 is 17.9 Å². The molecule has 2 aromatic rings. The van der Waals surface area contributed by atoms with Gasteiger partial charge in [0.15, 0.2) is 0 Å². The average molecular weight is 344 g/mol. The van der Waals surface area contributed by atoms with Crippen LogP contribution in [0.4, 0.5) is 5.69 Å². The number of hydrogen-bond acceptors (Lipinski definition) is 5. The second kappa shape index (κ2) is 7.15. The van der Waals surface area contributed by atoms with Gasteiger partial charge in [-0.3, -0.25) is 4.72 Å². The molecule has 0 saturated heterocycles. The summed E-state index contributed by atoms with van der Waals surface area (Å²) in [6, 6.07) is 13.4. The number of rotatable bonds is 5. The lowest BCUT2D eigenvalue weighted by molar-refractivity contribution is 0.0378. The fraction of sp³-hybridized carbons (Fsp3) is 0.176. The maximum Gasteiger partial charge on any atom is 0.338 e. The molecule has 7 heteroatoms. The Hall–Kier alpha value is -2.85. The number of esters is 1. The Kier molecular flexibility index (Phi) is 5.21. The third-order valence-electron chi connectivity index (χ3n) is 3.01. The Balaban J connectivity index is 2.15. The van der Waals surface area contributed by atoms with Gasteiger partial charge in [0.2, 0.25) is 0 Å². The average Bonchev–Trinajstić information content (AvgIpc) is 2.54. The van der Waals surface area contributed by atoms with Gasteiger partial charge < -0.3 is 4.74 Å². The number of carbonyl (C=O) groups is 1. The summed E-state index contributed by atoms with van der Waals surface area (Å²) in [5.41, 5.74) is 1.03. The van der Waals surface area contributed by atoms with Crippen molar-refractivity contribution >= 4 is 21.7 Å². The van der Waals surface area contributed by atoms with E-state index in [1.165, 1.54) is 48.5 Å². The number of nitrogens with zero attached hydrogens (tertiary/aromatic N) is 1. The van der Waals surface area contributed by atoms with E-state index in [0.29, 0.717) is 16.8 Å². The van der Waals surface area contributed by atoms with Crippen LogP contribution in [0.3, 0.4) is 0 Å². The number of hydrogen-bond donors (Lipinski definition) is 1. The van der Waals surface area contributed by atoms with Crippen molar-refractivity contribution in [3.63, 3.8) is 0 Å². The highest BCUT2D eigenvalue weighted by atomic mass is 32.2. The monoisotopic (exact) mass is 344 g/mol. The first kappa shape index (κ1) is 17.5. The zero-order valence-electron chi connectivity index (χ0n) is 13.2. The molecule has 0 radical (unpaired) electrons. The number of carbonyl (C=O) groups excluding carboxylic acids is 1. The molecule has 2 aromatic carbocycles. The summed E-state index contributed by atoms with van der Waals surface area (Å²) < 4.78 is 32.0. The fourth-order valence-corrected chi connectivity index (χ4v) is 2.94. The second-order valence-electron chi connectivity index (χ2n) is 5.27. The van der Waals surface area contributed by atoms with Crippen molar-refractivity contribution in [2.24, 2.45) is 0 Å². The van der Waals surface area contributed by atoms with Crippen molar-refractivity contribution in [1.82, 2.24) is 0 Å². The second-order valence-corrected chi connectivity index (χ2v) is 6.96. The minimum Gasteiger partial charge on any atom is -0.459 e. The van der Waals surface area contributed by atoms with E-state index < -0.39 is 16.0 Å². The zero-order valence-corrected chi connectivity index (χ0v) is 14.0. The first-order valence-electron chi connectivity index (χ1n) is 7.16. The predicted octanol–water partition coefficient (Wildman–Crippen LogP) is 2.92. The molecule has 0 unspecified atom stereocenters. The summed E-state index contributed by atoms with van der Waals surface area (Å²) in [6.45, 7) is 3.50. The largest absolute Gasteiger partial charge is 0.459 e. The molecule has 0 bridgehead atoms. The number of anilines is 1. The van der Waals surface area contributed by atoms with Crippen LogP contribution < -0.4 is 4.72 Å². The molecule has 0 heterocycles. The van der Waals surface area contributed by atoms with Gasteiger partial charge in [0.1, 0.15) is 0 Å². The van der Waals surface area contributed by atoms with E-state index in [2.05, 4.69) is 4.72 Å². The first-order chi connectivity index (χ1) is 11.3. The van der Waals surface area contributed by atoms with Gasteiger partial charge in [-0.25, -0.2) is 13.2 Å². The number of sulfonamides is 1. The third kappa shape index (κ3) is 4.33. The Labute approximate surface area is 140 Å². The van der Waals surface area contributed by atoms with Crippen LogP contribution in [0.25, 0.3) is 0 Å². The molecule has 0 aliphatic rings. The Morgan fingerprint density at radius 3 is 2.17 bits per heavy atom. The minimum atomic E-state index is -3.77. The van der Waals surface area contributed by atoms with E-state index in [-0.39, 0.29) is 11.0 Å². The molecular formula is C17H16N2O4S. The lowest BCUT2D eigenvalue weighted by Gasteiger charge is -2.10. The maximum absolute atomic E-state index is 12.3. The topological polar surface area (TPSA) is 96.3 Å². The molecule has 124 valence electrons. The van der Waals surface area contributed by atoms with E-state index >= 15 is 0 Å². The number of nitriles is 1. The number of benzene rings is 2. The van der Waals surface area contributed by atoms with Gasteiger partial charge in [0.05, 0.1) is 28.2 Å². The Morgan fingerprint density at radius 2 is 1.67 bits per heavy atom. The van der Waals surface area contributed by atoms with Gasteiger partial charge in [0.25, 0.3) is 10.0 Å². The van der Waals surface area contributed by atoms with Crippen molar-refractivity contribution in [2.75, 3.05) is 4.72 Å². The Bertz CT molecular complexity index is 864. The molecule has 6 nitrogen and oxygen atoms in total. The summed E-state index contributed by atoms with van der Waals surface area (Å²) in [5.74, 6) is -0.466. The molecular weight excluding hydrogens is 328 g/mol. The van der Waals surface area contributed by atoms with Crippen molar-refractivity contribution in [3.05, 3.63) is 59.7 Å². The summed E-state index contributed by atoms with van der Waals surface area (Å²) in [6.07, 6.45) is -0.230. The van der Waals surface area contributed by atoms with Crippen molar-refractivity contribution in [1.29, 1.82) is 5.26 Å².